The van der Waals surface area contributed by atoms with Gasteiger partial charge >= 0.3 is 0 Å². The third kappa shape index (κ3) is 5.44. The first-order valence-corrected chi connectivity index (χ1v) is 9.87. The molecule has 0 saturated carbocycles. The first-order chi connectivity index (χ1) is 14.0. The van der Waals surface area contributed by atoms with Crippen molar-refractivity contribution in [3.8, 4) is 5.75 Å². The molecule has 1 saturated heterocycles. The average molecular weight is 404 g/mol. The van der Waals surface area contributed by atoms with Crippen LogP contribution in [0, 0.1) is 12.7 Å². The Hall–Kier alpha value is -2.68. The Balaban J connectivity index is 1.44. The standard InChI is InChI=1S/C20H30FN7O/c1-14-25-26-19(27(14)3)12-23-20(22-2)24-16-7-9-28(10-8-16)13-15-5-6-18(29-4)17(21)11-15/h5-6,11,16H,7-10,12-13H2,1-4H3,(H2,22,23,24). The predicted octanol–water partition coefficient (Wildman–Crippen LogP) is 1.60. The van der Waals surface area contributed by atoms with Crippen LogP contribution in [0.15, 0.2) is 23.2 Å². The number of piperidine rings is 1. The molecule has 29 heavy (non-hydrogen) atoms. The lowest BCUT2D eigenvalue weighted by Crippen LogP contribution is -2.48. The second kappa shape index (κ2) is 9.69. The van der Waals surface area contributed by atoms with Gasteiger partial charge in [-0.2, -0.15) is 0 Å². The monoisotopic (exact) mass is 403 g/mol. The molecule has 0 unspecified atom stereocenters. The molecule has 8 nitrogen and oxygen atoms in total. The number of aryl methyl sites for hydroxylation is 1. The molecule has 2 aromatic rings. The van der Waals surface area contributed by atoms with Crippen molar-refractivity contribution in [1.82, 2.24) is 30.3 Å². The van der Waals surface area contributed by atoms with Crippen LogP contribution in [0.25, 0.3) is 0 Å². The second-order valence-corrected chi connectivity index (χ2v) is 7.31. The van der Waals surface area contributed by atoms with Crippen LogP contribution in [-0.2, 0) is 20.1 Å². The minimum absolute atomic E-state index is 0.284. The van der Waals surface area contributed by atoms with Gasteiger partial charge in [0.15, 0.2) is 23.4 Å². The Labute approximate surface area is 171 Å². The molecule has 0 atom stereocenters. The SMILES string of the molecule is CN=C(NCc1nnc(C)n1C)NC1CCN(Cc2ccc(OC)c(F)c2)CC1. The summed E-state index contributed by atoms with van der Waals surface area (Å²) in [5.41, 5.74) is 0.964. The molecule has 0 aliphatic carbocycles. The van der Waals surface area contributed by atoms with E-state index in [-0.39, 0.29) is 11.6 Å². The van der Waals surface area contributed by atoms with Crippen molar-refractivity contribution in [2.24, 2.45) is 12.0 Å². The van der Waals surface area contributed by atoms with Crippen molar-refractivity contribution in [3.63, 3.8) is 0 Å². The van der Waals surface area contributed by atoms with Crippen LogP contribution in [0.3, 0.4) is 0 Å². The molecule has 9 heteroatoms. The summed E-state index contributed by atoms with van der Waals surface area (Å²) in [6, 6.07) is 5.52. The first kappa shape index (κ1) is 21.0. The maximum atomic E-state index is 13.9. The van der Waals surface area contributed by atoms with Gasteiger partial charge in [0.2, 0.25) is 0 Å². The first-order valence-electron chi connectivity index (χ1n) is 9.87. The van der Waals surface area contributed by atoms with Crippen LogP contribution in [-0.4, -0.2) is 58.9 Å². The van der Waals surface area contributed by atoms with Crippen molar-refractivity contribution in [2.75, 3.05) is 27.2 Å². The highest BCUT2D eigenvalue weighted by Crippen LogP contribution is 2.20. The van der Waals surface area contributed by atoms with Gasteiger partial charge in [0.05, 0.1) is 13.7 Å². The van der Waals surface area contributed by atoms with E-state index in [0.29, 0.717) is 12.6 Å². The molecule has 0 bridgehead atoms. The van der Waals surface area contributed by atoms with Gasteiger partial charge in [-0.15, -0.1) is 10.2 Å². The highest BCUT2D eigenvalue weighted by molar-refractivity contribution is 5.79. The largest absolute Gasteiger partial charge is 0.494 e. The van der Waals surface area contributed by atoms with E-state index < -0.39 is 0 Å². The number of guanidine groups is 1. The molecule has 2 N–H and O–H groups in total. The quantitative estimate of drug-likeness (QED) is 0.563. The lowest BCUT2D eigenvalue weighted by molar-refractivity contribution is 0.198. The molecule has 1 fully saturated rings. The molecule has 1 aliphatic rings. The molecule has 158 valence electrons. The normalized spacial score (nSPS) is 16.1. The maximum Gasteiger partial charge on any atom is 0.191 e. The average Bonchev–Trinajstić information content (AvgIpc) is 3.04. The number of benzene rings is 1. The van der Waals surface area contributed by atoms with Crippen molar-refractivity contribution in [2.45, 2.75) is 38.9 Å². The third-order valence-electron chi connectivity index (χ3n) is 5.37. The van der Waals surface area contributed by atoms with Gasteiger partial charge in [0.1, 0.15) is 5.82 Å². The van der Waals surface area contributed by atoms with Crippen LogP contribution >= 0.6 is 0 Å². The number of hydrogen-bond donors (Lipinski definition) is 2. The number of ether oxygens (including phenoxy) is 1. The summed E-state index contributed by atoms with van der Waals surface area (Å²) in [6.45, 7) is 5.14. The Morgan fingerprint density at radius 3 is 2.66 bits per heavy atom. The summed E-state index contributed by atoms with van der Waals surface area (Å²) in [5, 5.41) is 15.0. The summed E-state index contributed by atoms with van der Waals surface area (Å²) >= 11 is 0. The minimum Gasteiger partial charge on any atom is -0.494 e. The Morgan fingerprint density at radius 1 is 1.31 bits per heavy atom. The lowest BCUT2D eigenvalue weighted by Gasteiger charge is -2.33. The predicted molar refractivity (Wildman–Crippen MR) is 110 cm³/mol. The molecule has 0 radical (unpaired) electrons. The molecule has 3 rings (SSSR count). The van der Waals surface area contributed by atoms with Gasteiger partial charge in [-0.25, -0.2) is 4.39 Å². The van der Waals surface area contributed by atoms with Crippen molar-refractivity contribution >= 4 is 5.96 Å². The van der Waals surface area contributed by atoms with Crippen LogP contribution < -0.4 is 15.4 Å². The summed E-state index contributed by atoms with van der Waals surface area (Å²) in [7, 11) is 5.20. The summed E-state index contributed by atoms with van der Waals surface area (Å²) in [6.07, 6.45) is 2.00. The number of nitrogens with zero attached hydrogens (tertiary/aromatic N) is 5. The number of halogens is 1. The molecule has 1 aromatic carbocycles. The number of hydrogen-bond acceptors (Lipinski definition) is 5. The Kier molecular flexibility index (Phi) is 7.03. The molecular weight excluding hydrogens is 373 g/mol. The molecule has 1 aliphatic heterocycles. The highest BCUT2D eigenvalue weighted by atomic mass is 19.1. The molecular formula is C20H30FN7O. The number of aliphatic imine (C=N–C) groups is 1. The van der Waals surface area contributed by atoms with Gasteiger partial charge < -0.3 is 19.9 Å². The number of likely N-dealkylation sites (tertiary alicyclic amines) is 1. The minimum atomic E-state index is -0.311. The zero-order valence-corrected chi connectivity index (χ0v) is 17.6. The van der Waals surface area contributed by atoms with E-state index in [0.717, 1.165) is 55.6 Å². The van der Waals surface area contributed by atoms with Crippen molar-refractivity contribution in [3.05, 3.63) is 41.2 Å². The van der Waals surface area contributed by atoms with Crippen LogP contribution in [0.1, 0.15) is 30.1 Å². The molecule has 2 heterocycles. The van der Waals surface area contributed by atoms with Gasteiger partial charge in [-0.3, -0.25) is 9.89 Å². The number of methoxy groups -OCH3 is 1. The summed E-state index contributed by atoms with van der Waals surface area (Å²) in [4.78, 5) is 6.66. The van der Waals surface area contributed by atoms with Crippen molar-refractivity contribution < 1.29 is 9.13 Å². The van der Waals surface area contributed by atoms with Gasteiger partial charge in [0, 0.05) is 39.8 Å². The Morgan fingerprint density at radius 2 is 2.07 bits per heavy atom. The van der Waals surface area contributed by atoms with E-state index in [1.165, 1.54) is 7.11 Å². The van der Waals surface area contributed by atoms with Crippen LogP contribution in [0.2, 0.25) is 0 Å². The second-order valence-electron chi connectivity index (χ2n) is 7.31. The zero-order valence-electron chi connectivity index (χ0n) is 17.6. The fraction of sp³-hybridized carbons (Fsp3) is 0.550. The summed E-state index contributed by atoms with van der Waals surface area (Å²) < 4.78 is 20.8. The van der Waals surface area contributed by atoms with Gasteiger partial charge in [0.25, 0.3) is 0 Å². The van der Waals surface area contributed by atoms with E-state index in [2.05, 4.69) is 30.7 Å². The topological polar surface area (TPSA) is 79.6 Å². The number of rotatable bonds is 6. The van der Waals surface area contributed by atoms with Crippen molar-refractivity contribution in [1.29, 1.82) is 0 Å². The van der Waals surface area contributed by atoms with E-state index >= 15 is 0 Å². The third-order valence-corrected chi connectivity index (χ3v) is 5.37. The summed E-state index contributed by atoms with van der Waals surface area (Å²) in [5.74, 6) is 2.49. The highest BCUT2D eigenvalue weighted by Gasteiger charge is 2.20. The van der Waals surface area contributed by atoms with Gasteiger partial charge in [-0.1, -0.05) is 6.07 Å². The van der Waals surface area contributed by atoms with E-state index in [4.69, 9.17) is 4.74 Å². The lowest BCUT2D eigenvalue weighted by atomic mass is 10.0. The van der Waals surface area contributed by atoms with Crippen LogP contribution in [0.4, 0.5) is 4.39 Å². The molecule has 0 spiro atoms. The van der Waals surface area contributed by atoms with E-state index in [1.54, 1.807) is 19.2 Å². The number of nitrogens with one attached hydrogen (secondary N) is 2. The maximum absolute atomic E-state index is 13.9. The van der Waals surface area contributed by atoms with Gasteiger partial charge in [-0.05, 0) is 37.5 Å². The molecule has 0 amide bonds. The van der Waals surface area contributed by atoms with E-state index in [9.17, 15) is 4.39 Å². The fourth-order valence-electron chi connectivity index (χ4n) is 3.46. The Bertz CT molecular complexity index is 843. The molecule has 1 aromatic heterocycles. The van der Waals surface area contributed by atoms with E-state index in [1.807, 2.05) is 24.6 Å². The number of aromatic nitrogens is 3. The fourth-order valence-corrected chi connectivity index (χ4v) is 3.46. The van der Waals surface area contributed by atoms with Crippen LogP contribution in [0.5, 0.6) is 5.75 Å². The zero-order chi connectivity index (χ0) is 20.8. The smallest absolute Gasteiger partial charge is 0.191 e.